The molecule has 0 amide bonds. The summed E-state index contributed by atoms with van der Waals surface area (Å²) in [6.45, 7) is 0.646. The normalized spacial score (nSPS) is 17.2. The van der Waals surface area contributed by atoms with Crippen LogP contribution in [-0.2, 0) is 6.54 Å². The van der Waals surface area contributed by atoms with Gasteiger partial charge in [-0.2, -0.15) is 0 Å². The highest BCUT2D eigenvalue weighted by Gasteiger charge is 2.40. The lowest BCUT2D eigenvalue weighted by molar-refractivity contribution is 0.386. The van der Waals surface area contributed by atoms with Crippen molar-refractivity contribution in [1.82, 2.24) is 5.32 Å². The van der Waals surface area contributed by atoms with Crippen LogP contribution in [0.4, 0.5) is 4.39 Å². The summed E-state index contributed by atoms with van der Waals surface area (Å²) in [5.74, 6) is 0.575. The molecule has 0 bridgehead atoms. The third kappa shape index (κ3) is 2.47. The standard InChI is InChI=1S/C12H15ClFNO/c1-16-11-3-2-9(6-10(11)14)7-15-12(8-13)4-5-12/h2-3,6,15H,4-5,7-8H2,1H3. The lowest BCUT2D eigenvalue weighted by atomic mass is 10.2. The molecule has 2 rings (SSSR count). The van der Waals surface area contributed by atoms with E-state index >= 15 is 0 Å². The molecule has 0 heterocycles. The Morgan fingerprint density at radius 2 is 2.25 bits per heavy atom. The molecule has 0 unspecified atom stereocenters. The van der Waals surface area contributed by atoms with Crippen LogP contribution < -0.4 is 10.1 Å². The largest absolute Gasteiger partial charge is 0.494 e. The third-order valence-corrected chi connectivity index (χ3v) is 3.50. The Morgan fingerprint density at radius 1 is 1.50 bits per heavy atom. The lowest BCUT2D eigenvalue weighted by Gasteiger charge is -2.14. The van der Waals surface area contributed by atoms with E-state index in [9.17, 15) is 4.39 Å². The minimum atomic E-state index is -0.322. The molecule has 0 aromatic heterocycles. The number of ether oxygens (including phenoxy) is 1. The number of hydrogen-bond donors (Lipinski definition) is 1. The first-order valence-electron chi connectivity index (χ1n) is 5.32. The number of hydrogen-bond acceptors (Lipinski definition) is 2. The summed E-state index contributed by atoms with van der Waals surface area (Å²) in [4.78, 5) is 0. The number of halogens is 2. The van der Waals surface area contributed by atoms with Gasteiger partial charge in [-0.3, -0.25) is 0 Å². The van der Waals surface area contributed by atoms with Gasteiger partial charge in [-0.15, -0.1) is 11.6 Å². The van der Waals surface area contributed by atoms with Crippen molar-refractivity contribution in [1.29, 1.82) is 0 Å². The van der Waals surface area contributed by atoms with Crippen molar-refractivity contribution in [3.05, 3.63) is 29.6 Å². The molecule has 2 nitrogen and oxygen atoms in total. The molecule has 88 valence electrons. The predicted molar refractivity (Wildman–Crippen MR) is 62.5 cm³/mol. The van der Waals surface area contributed by atoms with Crippen LogP contribution in [0.5, 0.6) is 5.75 Å². The zero-order valence-corrected chi connectivity index (χ0v) is 9.98. The first-order valence-corrected chi connectivity index (χ1v) is 5.86. The van der Waals surface area contributed by atoms with Crippen molar-refractivity contribution in [2.24, 2.45) is 0 Å². The fourth-order valence-electron chi connectivity index (χ4n) is 1.62. The minimum Gasteiger partial charge on any atom is -0.494 e. The maximum absolute atomic E-state index is 13.4. The summed E-state index contributed by atoms with van der Waals surface area (Å²) in [6.07, 6.45) is 2.21. The van der Waals surface area contributed by atoms with Gasteiger partial charge in [0.2, 0.25) is 0 Å². The Balaban J connectivity index is 1.97. The third-order valence-electron chi connectivity index (χ3n) is 2.99. The zero-order chi connectivity index (χ0) is 11.6. The smallest absolute Gasteiger partial charge is 0.165 e. The van der Waals surface area contributed by atoms with Gasteiger partial charge in [0.1, 0.15) is 0 Å². The van der Waals surface area contributed by atoms with Gasteiger partial charge in [0.15, 0.2) is 11.6 Å². The highest BCUT2D eigenvalue weighted by molar-refractivity contribution is 6.18. The summed E-state index contributed by atoms with van der Waals surface area (Å²) >= 11 is 5.84. The van der Waals surface area contributed by atoms with Gasteiger partial charge in [0.05, 0.1) is 7.11 Å². The minimum absolute atomic E-state index is 0.0952. The Bertz CT molecular complexity index is 379. The van der Waals surface area contributed by atoms with Crippen LogP contribution in [0, 0.1) is 5.82 Å². The number of rotatable bonds is 5. The van der Waals surface area contributed by atoms with Crippen LogP contribution in [0.25, 0.3) is 0 Å². The van der Waals surface area contributed by atoms with Gasteiger partial charge in [0.25, 0.3) is 0 Å². The van der Waals surface area contributed by atoms with Crippen molar-refractivity contribution in [3.8, 4) is 5.75 Å². The molecule has 1 aliphatic rings. The molecule has 0 spiro atoms. The molecule has 16 heavy (non-hydrogen) atoms. The van der Waals surface area contributed by atoms with Crippen LogP contribution in [-0.4, -0.2) is 18.5 Å². The van der Waals surface area contributed by atoms with Gasteiger partial charge in [-0.1, -0.05) is 6.07 Å². The van der Waals surface area contributed by atoms with Gasteiger partial charge in [-0.05, 0) is 30.5 Å². The van der Waals surface area contributed by atoms with E-state index in [-0.39, 0.29) is 17.1 Å². The second-order valence-corrected chi connectivity index (χ2v) is 4.50. The van der Waals surface area contributed by atoms with Crippen molar-refractivity contribution >= 4 is 11.6 Å². The number of nitrogens with one attached hydrogen (secondary N) is 1. The highest BCUT2D eigenvalue weighted by Crippen LogP contribution is 2.36. The van der Waals surface area contributed by atoms with Crippen LogP contribution in [0.1, 0.15) is 18.4 Å². The topological polar surface area (TPSA) is 21.3 Å². The molecular weight excluding hydrogens is 229 g/mol. The highest BCUT2D eigenvalue weighted by atomic mass is 35.5. The molecule has 1 aliphatic carbocycles. The maximum atomic E-state index is 13.4. The Hall–Kier alpha value is -0.800. The van der Waals surface area contributed by atoms with E-state index in [4.69, 9.17) is 16.3 Å². The predicted octanol–water partition coefficient (Wildman–Crippen LogP) is 2.70. The van der Waals surface area contributed by atoms with Crippen molar-refractivity contribution in [2.75, 3.05) is 13.0 Å². The molecular formula is C12H15ClFNO. The van der Waals surface area contributed by atoms with E-state index in [1.54, 1.807) is 6.07 Å². The Morgan fingerprint density at radius 3 is 2.75 bits per heavy atom. The summed E-state index contributed by atoms with van der Waals surface area (Å²) < 4.78 is 18.3. The first kappa shape index (κ1) is 11.7. The summed E-state index contributed by atoms with van der Waals surface area (Å²) in [7, 11) is 1.46. The zero-order valence-electron chi connectivity index (χ0n) is 9.22. The van der Waals surface area contributed by atoms with E-state index in [1.165, 1.54) is 13.2 Å². The summed E-state index contributed by atoms with van der Waals surface area (Å²) in [5, 5.41) is 3.36. The molecule has 0 atom stereocenters. The molecule has 4 heteroatoms. The quantitative estimate of drug-likeness (QED) is 0.803. The molecule has 1 N–H and O–H groups in total. The SMILES string of the molecule is COc1ccc(CNC2(CCl)CC2)cc1F. The second kappa shape index (κ2) is 4.60. The van der Waals surface area contributed by atoms with E-state index in [1.807, 2.05) is 6.07 Å². The van der Waals surface area contributed by atoms with Crippen LogP contribution in [0.15, 0.2) is 18.2 Å². The molecule has 0 saturated heterocycles. The molecule has 1 fully saturated rings. The fourth-order valence-corrected chi connectivity index (χ4v) is 1.98. The molecule has 1 saturated carbocycles. The second-order valence-electron chi connectivity index (χ2n) is 4.24. The fraction of sp³-hybridized carbons (Fsp3) is 0.500. The molecule has 1 aromatic carbocycles. The number of methoxy groups -OCH3 is 1. The molecule has 1 aromatic rings. The Kier molecular flexibility index (Phi) is 3.36. The number of benzene rings is 1. The van der Waals surface area contributed by atoms with Crippen molar-refractivity contribution < 1.29 is 9.13 Å². The van der Waals surface area contributed by atoms with Gasteiger partial charge < -0.3 is 10.1 Å². The van der Waals surface area contributed by atoms with Crippen LogP contribution in [0.2, 0.25) is 0 Å². The Labute approximate surface area is 99.7 Å². The summed E-state index contributed by atoms with van der Waals surface area (Å²) in [6, 6.07) is 5.00. The van der Waals surface area contributed by atoms with Crippen molar-refractivity contribution in [2.45, 2.75) is 24.9 Å². The van der Waals surface area contributed by atoms with Gasteiger partial charge in [-0.25, -0.2) is 4.39 Å². The monoisotopic (exact) mass is 243 g/mol. The summed E-state index contributed by atoms with van der Waals surface area (Å²) in [5.41, 5.74) is 1.01. The molecule has 0 radical (unpaired) electrons. The molecule has 0 aliphatic heterocycles. The van der Waals surface area contributed by atoms with E-state index in [0.29, 0.717) is 12.4 Å². The average molecular weight is 244 g/mol. The van der Waals surface area contributed by atoms with Crippen LogP contribution >= 0.6 is 11.6 Å². The van der Waals surface area contributed by atoms with Crippen molar-refractivity contribution in [3.63, 3.8) is 0 Å². The van der Waals surface area contributed by atoms with E-state index in [0.717, 1.165) is 18.4 Å². The average Bonchev–Trinajstić information content (AvgIpc) is 3.07. The lowest BCUT2D eigenvalue weighted by Crippen LogP contribution is -2.32. The number of alkyl halides is 1. The van der Waals surface area contributed by atoms with Crippen LogP contribution in [0.3, 0.4) is 0 Å². The van der Waals surface area contributed by atoms with E-state index in [2.05, 4.69) is 5.32 Å². The first-order chi connectivity index (χ1) is 7.69. The van der Waals surface area contributed by atoms with Gasteiger partial charge in [0, 0.05) is 18.0 Å². The van der Waals surface area contributed by atoms with E-state index < -0.39 is 0 Å². The van der Waals surface area contributed by atoms with Gasteiger partial charge >= 0.3 is 0 Å². The maximum Gasteiger partial charge on any atom is 0.165 e.